The van der Waals surface area contributed by atoms with E-state index in [1.807, 2.05) is 69.5 Å². The van der Waals surface area contributed by atoms with E-state index in [9.17, 15) is 52.6 Å². The molecular weight excluding hydrogens is 989 g/mol. The number of carboxylic acid groups (broad SMARTS) is 2. The zero-order chi connectivity index (χ0) is 55.6. The van der Waals surface area contributed by atoms with Crippen molar-refractivity contribution in [2.45, 2.75) is 150 Å². The van der Waals surface area contributed by atoms with Crippen LogP contribution in [-0.4, -0.2) is 114 Å². The van der Waals surface area contributed by atoms with Gasteiger partial charge in [-0.1, -0.05) is 78.3 Å². The average molecular weight is 1060 g/mol. The molecule has 410 valence electrons. The number of nitrogens with zero attached hydrogens (tertiary/aromatic N) is 3. The van der Waals surface area contributed by atoms with Crippen LogP contribution >= 0.6 is 11.8 Å². The van der Waals surface area contributed by atoms with Crippen molar-refractivity contribution in [3.8, 4) is 11.1 Å². The Hall–Kier alpha value is -6.24. The highest BCUT2D eigenvalue weighted by Crippen LogP contribution is 2.42. The molecule has 1 aromatic heterocycles. The van der Waals surface area contributed by atoms with Crippen LogP contribution in [0.3, 0.4) is 0 Å². The summed E-state index contributed by atoms with van der Waals surface area (Å²) < 4.78 is 31.9. The Balaban J connectivity index is 1.47. The minimum absolute atomic E-state index is 0.00248. The minimum atomic E-state index is -1.40. The van der Waals surface area contributed by atoms with Gasteiger partial charge in [-0.2, -0.15) is 11.8 Å². The van der Waals surface area contributed by atoms with E-state index in [-0.39, 0.29) is 103 Å². The maximum absolute atomic E-state index is 15.4. The molecule has 5 amide bonds. The molecule has 4 rings (SSSR count). The van der Waals surface area contributed by atoms with Gasteiger partial charge < -0.3 is 30.3 Å². The Labute approximate surface area is 443 Å². The molecule has 75 heavy (non-hydrogen) atoms. The molecule has 0 radical (unpaired) electrons. The lowest BCUT2D eigenvalue weighted by Gasteiger charge is -2.41. The molecule has 3 aromatic rings. The van der Waals surface area contributed by atoms with E-state index in [2.05, 4.69) is 10.6 Å². The van der Waals surface area contributed by atoms with Gasteiger partial charge in [0.05, 0.1) is 17.8 Å². The molecule has 19 heteroatoms. The highest BCUT2D eigenvalue weighted by Gasteiger charge is 2.38. The third-order valence-corrected chi connectivity index (χ3v) is 14.3. The van der Waals surface area contributed by atoms with E-state index in [1.54, 1.807) is 31.0 Å². The van der Waals surface area contributed by atoms with Crippen LogP contribution < -0.4 is 10.6 Å². The predicted molar refractivity (Wildman–Crippen MR) is 281 cm³/mol. The minimum Gasteiger partial charge on any atom is -0.481 e. The number of carboxylic acids is 2. The van der Waals surface area contributed by atoms with E-state index in [0.717, 1.165) is 35.5 Å². The topological polar surface area (TPSA) is 230 Å². The lowest BCUT2D eigenvalue weighted by Crippen LogP contribution is -2.44. The molecule has 2 aromatic carbocycles. The highest BCUT2D eigenvalue weighted by atomic mass is 32.2. The third-order valence-electron chi connectivity index (χ3n) is 13.4. The van der Waals surface area contributed by atoms with Gasteiger partial charge in [-0.25, -0.2) is 13.6 Å². The number of halogens is 2. The molecule has 1 unspecified atom stereocenters. The number of aromatic nitrogens is 1. The van der Waals surface area contributed by atoms with Crippen LogP contribution in [0.5, 0.6) is 0 Å². The number of hydrogen-bond donors (Lipinski definition) is 4. The van der Waals surface area contributed by atoms with Crippen LogP contribution in [0.15, 0.2) is 60.8 Å². The number of imide groups is 1. The molecule has 0 spiro atoms. The van der Waals surface area contributed by atoms with Gasteiger partial charge in [0.2, 0.25) is 29.5 Å². The van der Waals surface area contributed by atoms with Crippen molar-refractivity contribution < 1.29 is 62.1 Å². The number of aliphatic carboxylic acids is 2. The molecule has 4 N–H and O–H groups in total. The van der Waals surface area contributed by atoms with E-state index >= 15 is 4.39 Å². The molecule has 0 aliphatic carbocycles. The zero-order valence-electron chi connectivity index (χ0n) is 44.3. The number of carbonyl (C=O) groups excluding carboxylic acids is 7. The standard InChI is InChI=1S/C56H75F2N5O11S/c1-35(2)42(31-41(64)18-12-9-14-26-63-49(67)28-36(3)54(63)72)53(71)59-37(4)47(65)19-13-15-25-62(50(68)34-75-27-24-48(66)60-45(55(73)74)22-23-51(69)70)52(56(5,6)7)46-29-39(43-30-40(57)20-21-44(43)58)33-61(46)32-38-16-10-8-11-17-38/h8,10-11,16-17,20-21,29-30,33,35-37,42,45,52H,9,12-15,18-19,22-28,31-32,34H2,1-7H3,(H,59,71)(H,60,66)(H,69,70)(H,73,74)/t36?,37-,42-,45-,52-/m0/s1. The maximum Gasteiger partial charge on any atom is 0.326 e. The molecule has 0 saturated carbocycles. The first-order valence-electron chi connectivity index (χ1n) is 25.9. The van der Waals surface area contributed by atoms with Crippen LogP contribution in [0, 0.1) is 34.8 Å². The summed E-state index contributed by atoms with van der Waals surface area (Å²) >= 11 is 1.15. The number of Topliss-reactive ketones (excluding diaryl/α,β-unsaturated/α-hetero) is 2. The summed E-state index contributed by atoms with van der Waals surface area (Å²) in [5.41, 5.74) is 1.30. The van der Waals surface area contributed by atoms with Crippen molar-refractivity contribution in [1.82, 2.24) is 25.0 Å². The first-order chi connectivity index (χ1) is 35.4. The van der Waals surface area contributed by atoms with Gasteiger partial charge in [0.15, 0.2) is 5.78 Å². The molecule has 16 nitrogen and oxygen atoms in total. The second-order valence-corrected chi connectivity index (χ2v) is 22.1. The lowest BCUT2D eigenvalue weighted by atomic mass is 9.82. The monoisotopic (exact) mass is 1060 g/mol. The molecular formula is C56H75F2N5O11S. The summed E-state index contributed by atoms with van der Waals surface area (Å²) in [6.45, 7) is 13.7. The van der Waals surface area contributed by atoms with E-state index in [0.29, 0.717) is 56.5 Å². The number of amides is 5. The van der Waals surface area contributed by atoms with Crippen molar-refractivity contribution in [3.05, 3.63) is 83.7 Å². The normalized spacial score (nSPS) is 15.3. The Bertz CT molecular complexity index is 2490. The molecule has 1 fully saturated rings. The van der Waals surface area contributed by atoms with Gasteiger partial charge in [-0.3, -0.25) is 43.3 Å². The number of nitrogens with one attached hydrogen (secondary N) is 2. The summed E-state index contributed by atoms with van der Waals surface area (Å²) in [5, 5.41) is 23.7. The van der Waals surface area contributed by atoms with Crippen LogP contribution in [0.2, 0.25) is 0 Å². The number of unbranched alkanes of at least 4 members (excludes halogenated alkanes) is 3. The summed E-state index contributed by atoms with van der Waals surface area (Å²) in [4.78, 5) is 118. The van der Waals surface area contributed by atoms with Crippen molar-refractivity contribution in [2.75, 3.05) is 24.6 Å². The first-order valence-corrected chi connectivity index (χ1v) is 27.0. The van der Waals surface area contributed by atoms with Crippen LogP contribution in [0.4, 0.5) is 8.78 Å². The fourth-order valence-electron chi connectivity index (χ4n) is 9.24. The zero-order valence-corrected chi connectivity index (χ0v) is 45.1. The van der Waals surface area contributed by atoms with Crippen molar-refractivity contribution in [3.63, 3.8) is 0 Å². The summed E-state index contributed by atoms with van der Waals surface area (Å²) in [5.74, 6) is -7.01. The molecule has 5 atom stereocenters. The Kier molecular flexibility index (Phi) is 23.8. The van der Waals surface area contributed by atoms with E-state index in [1.165, 1.54) is 4.90 Å². The van der Waals surface area contributed by atoms with E-state index < -0.39 is 71.3 Å². The van der Waals surface area contributed by atoms with Gasteiger partial charge in [-0.05, 0) is 80.2 Å². The summed E-state index contributed by atoms with van der Waals surface area (Å²) in [6, 6.07) is 11.5. The number of rotatable bonds is 32. The van der Waals surface area contributed by atoms with E-state index in [4.69, 9.17) is 5.11 Å². The highest BCUT2D eigenvalue weighted by molar-refractivity contribution is 7.99. The van der Waals surface area contributed by atoms with Gasteiger partial charge >= 0.3 is 11.9 Å². The van der Waals surface area contributed by atoms with Crippen LogP contribution in [-0.2, 0) is 49.7 Å². The maximum atomic E-state index is 15.4. The fraction of sp³-hybridized carbons (Fsp3) is 0.554. The number of benzene rings is 2. The quantitative estimate of drug-likeness (QED) is 0.0341. The van der Waals surface area contributed by atoms with Gasteiger partial charge in [-0.15, -0.1) is 0 Å². The Morgan fingerprint density at radius 2 is 1.55 bits per heavy atom. The second-order valence-electron chi connectivity index (χ2n) is 21.0. The second kappa shape index (κ2) is 29.2. The molecule has 1 saturated heterocycles. The number of likely N-dealkylation sites (tertiary alicyclic amines) is 1. The van der Waals surface area contributed by atoms with Gasteiger partial charge in [0, 0.05) is 98.8 Å². The van der Waals surface area contributed by atoms with Crippen molar-refractivity contribution in [2.24, 2.45) is 23.2 Å². The van der Waals surface area contributed by atoms with Gasteiger partial charge in [0.25, 0.3) is 0 Å². The average Bonchev–Trinajstić information content (AvgIpc) is 3.85. The SMILES string of the molecule is CC1CC(=O)N(CCCCCC(=O)C[C@H](C(=O)N[C@@H](C)C(=O)CCCCN(C(=O)CSCCC(=O)N[C@@H](CCC(=O)O)C(=O)O)[C@@H](c2cc(-c3cc(F)ccc3F)cn2Cc2ccccc2)C(C)(C)C)C(C)C)C1=O. The summed E-state index contributed by atoms with van der Waals surface area (Å²) in [6.07, 6.45) is 3.80. The molecule has 2 heterocycles. The van der Waals surface area contributed by atoms with Crippen molar-refractivity contribution >= 4 is 64.8 Å². The van der Waals surface area contributed by atoms with Crippen LogP contribution in [0.1, 0.15) is 143 Å². The summed E-state index contributed by atoms with van der Waals surface area (Å²) in [7, 11) is 0. The smallest absolute Gasteiger partial charge is 0.326 e. The molecule has 1 aliphatic rings. The molecule has 1 aliphatic heterocycles. The number of ketones is 2. The first kappa shape index (κ1) is 61.3. The fourth-order valence-corrected chi connectivity index (χ4v) is 10.1. The lowest BCUT2D eigenvalue weighted by molar-refractivity contribution is -0.143. The number of carbonyl (C=O) groups is 9. The van der Waals surface area contributed by atoms with Crippen LogP contribution in [0.25, 0.3) is 11.1 Å². The molecule has 0 bridgehead atoms. The predicted octanol–water partition coefficient (Wildman–Crippen LogP) is 8.39. The Morgan fingerprint density at radius 1 is 0.853 bits per heavy atom. The van der Waals surface area contributed by atoms with Crippen molar-refractivity contribution in [1.29, 1.82) is 0 Å². The largest absolute Gasteiger partial charge is 0.481 e. The Morgan fingerprint density at radius 3 is 2.17 bits per heavy atom. The third kappa shape index (κ3) is 19.1. The van der Waals surface area contributed by atoms with Gasteiger partial charge in [0.1, 0.15) is 23.5 Å². The number of hydrogen-bond acceptors (Lipinski definition) is 10. The number of thioether (sulfide) groups is 1.